The van der Waals surface area contributed by atoms with Crippen molar-refractivity contribution < 1.29 is 4.42 Å². The molecule has 0 aliphatic carbocycles. The zero-order chi connectivity index (χ0) is 34.2. The fourth-order valence-electron chi connectivity index (χ4n) is 7.80. The molecular formula is C47H29N3OS. The van der Waals surface area contributed by atoms with E-state index in [0.717, 1.165) is 72.2 Å². The first-order chi connectivity index (χ1) is 25.7. The number of nitrogens with zero attached hydrogens (tertiary/aromatic N) is 2. The highest BCUT2D eigenvalue weighted by atomic mass is 32.1. The smallest absolute Gasteiger partial charge is 0.171 e. The summed E-state index contributed by atoms with van der Waals surface area (Å²) in [6, 6.07) is 58.1. The van der Waals surface area contributed by atoms with Crippen LogP contribution < -0.4 is 5.32 Å². The highest BCUT2D eigenvalue weighted by Crippen LogP contribution is 2.44. The van der Waals surface area contributed by atoms with E-state index in [9.17, 15) is 0 Å². The van der Waals surface area contributed by atoms with Gasteiger partial charge in [-0.1, -0.05) is 121 Å². The Morgan fingerprint density at radius 2 is 1.06 bits per heavy atom. The number of amidine groups is 2. The molecular weight excluding hydrogens is 655 g/mol. The molecule has 0 spiro atoms. The van der Waals surface area contributed by atoms with Crippen LogP contribution in [0.1, 0.15) is 22.9 Å². The Morgan fingerprint density at radius 3 is 1.79 bits per heavy atom. The van der Waals surface area contributed by atoms with Crippen molar-refractivity contribution in [2.75, 3.05) is 0 Å². The summed E-state index contributed by atoms with van der Waals surface area (Å²) in [6.07, 6.45) is -0.557. The Labute approximate surface area is 303 Å². The van der Waals surface area contributed by atoms with Crippen LogP contribution in [-0.2, 0) is 0 Å². The number of aliphatic imine (C=N–C) groups is 2. The molecule has 244 valence electrons. The molecule has 0 fully saturated rings. The second kappa shape index (κ2) is 11.5. The molecule has 0 saturated heterocycles. The lowest BCUT2D eigenvalue weighted by Crippen LogP contribution is -2.36. The molecule has 0 saturated carbocycles. The summed E-state index contributed by atoms with van der Waals surface area (Å²) in [4.78, 5) is 10.9. The van der Waals surface area contributed by atoms with Gasteiger partial charge in [-0.2, -0.15) is 0 Å². The minimum Gasteiger partial charge on any atom is -0.456 e. The Bertz CT molecular complexity index is 3030. The van der Waals surface area contributed by atoms with E-state index in [1.807, 2.05) is 23.5 Å². The number of fused-ring (bicyclic) bond motifs is 8. The second-order valence-electron chi connectivity index (χ2n) is 13.4. The summed E-state index contributed by atoms with van der Waals surface area (Å²) in [5, 5.41) is 13.0. The van der Waals surface area contributed by atoms with Crippen molar-refractivity contribution in [3.05, 3.63) is 180 Å². The predicted molar refractivity (Wildman–Crippen MR) is 219 cm³/mol. The van der Waals surface area contributed by atoms with Crippen LogP contribution in [0.5, 0.6) is 0 Å². The van der Waals surface area contributed by atoms with Crippen LogP contribution in [0.25, 0.3) is 74.8 Å². The van der Waals surface area contributed by atoms with Gasteiger partial charge in [-0.15, -0.1) is 11.3 Å². The lowest BCUT2D eigenvalue weighted by atomic mass is 9.92. The maximum atomic E-state index is 6.50. The number of rotatable bonds is 4. The number of nitrogens with one attached hydrogen (secondary N) is 1. The highest BCUT2D eigenvalue weighted by Gasteiger charge is 2.27. The fraction of sp³-hybridized carbons (Fsp3) is 0.0213. The van der Waals surface area contributed by atoms with E-state index in [-0.39, 0.29) is 0 Å². The molecule has 11 rings (SSSR count). The molecule has 1 aliphatic rings. The Kier molecular flexibility index (Phi) is 6.45. The molecule has 4 nitrogen and oxygen atoms in total. The molecule has 52 heavy (non-hydrogen) atoms. The molecule has 0 bridgehead atoms. The molecule has 2 aromatic heterocycles. The van der Waals surface area contributed by atoms with E-state index < -0.39 is 6.17 Å². The van der Waals surface area contributed by atoms with Crippen LogP contribution in [0.3, 0.4) is 0 Å². The maximum Gasteiger partial charge on any atom is 0.171 e. The molecule has 5 heteroatoms. The molecule has 1 N–H and O–H groups in total. The average Bonchev–Trinajstić information content (AvgIpc) is 3.78. The maximum absolute atomic E-state index is 6.50. The number of para-hydroxylation sites is 1. The van der Waals surface area contributed by atoms with E-state index >= 15 is 0 Å². The topological polar surface area (TPSA) is 49.9 Å². The summed E-state index contributed by atoms with van der Waals surface area (Å²) in [5.74, 6) is 1.56. The van der Waals surface area contributed by atoms with Crippen LogP contribution in [-0.4, -0.2) is 11.7 Å². The van der Waals surface area contributed by atoms with Gasteiger partial charge in [0.1, 0.15) is 22.8 Å². The third kappa shape index (κ3) is 4.67. The summed E-state index contributed by atoms with van der Waals surface area (Å²) in [6.45, 7) is 0. The van der Waals surface area contributed by atoms with Gasteiger partial charge in [-0.25, -0.2) is 9.98 Å². The number of thiophene rings is 1. The SMILES string of the molecule is c1ccc2cc(C3=NC(c4c(-c5ccc6sc7ccccc7c6c5)ccc5oc6ccccc6c45)N=C(c4ccc5ccccc5c4)N3)ccc2c1. The van der Waals surface area contributed by atoms with Crippen molar-refractivity contribution in [3.8, 4) is 11.1 Å². The molecule has 10 aromatic rings. The van der Waals surface area contributed by atoms with Crippen molar-refractivity contribution in [3.63, 3.8) is 0 Å². The number of furan rings is 1. The van der Waals surface area contributed by atoms with Crippen LogP contribution in [0.15, 0.2) is 178 Å². The van der Waals surface area contributed by atoms with E-state index in [0.29, 0.717) is 0 Å². The fourth-order valence-corrected chi connectivity index (χ4v) is 8.89. The summed E-state index contributed by atoms with van der Waals surface area (Å²) >= 11 is 1.83. The van der Waals surface area contributed by atoms with Crippen LogP contribution in [0.2, 0.25) is 0 Å². The molecule has 0 amide bonds. The van der Waals surface area contributed by atoms with Gasteiger partial charge in [0.2, 0.25) is 0 Å². The van der Waals surface area contributed by atoms with Gasteiger partial charge < -0.3 is 9.73 Å². The number of benzene rings is 8. The monoisotopic (exact) mass is 683 g/mol. The zero-order valence-electron chi connectivity index (χ0n) is 27.9. The molecule has 3 heterocycles. The molecule has 0 radical (unpaired) electrons. The average molecular weight is 684 g/mol. The Balaban J connectivity index is 1.19. The van der Waals surface area contributed by atoms with Crippen LogP contribution in [0, 0.1) is 0 Å². The van der Waals surface area contributed by atoms with Crippen molar-refractivity contribution in [2.24, 2.45) is 9.98 Å². The van der Waals surface area contributed by atoms with Crippen molar-refractivity contribution >= 4 is 86.7 Å². The normalized spacial score (nSPS) is 13.7. The molecule has 8 aromatic carbocycles. The largest absolute Gasteiger partial charge is 0.456 e. The first kappa shape index (κ1) is 29.2. The third-order valence-electron chi connectivity index (χ3n) is 10.3. The summed E-state index contributed by atoms with van der Waals surface area (Å²) in [5.41, 5.74) is 6.93. The number of hydrogen-bond donors (Lipinski definition) is 1. The second-order valence-corrected chi connectivity index (χ2v) is 14.5. The van der Waals surface area contributed by atoms with Crippen LogP contribution >= 0.6 is 11.3 Å². The predicted octanol–water partition coefficient (Wildman–Crippen LogP) is 12.4. The van der Waals surface area contributed by atoms with Crippen LogP contribution in [0.4, 0.5) is 0 Å². The Morgan fingerprint density at radius 1 is 0.462 bits per heavy atom. The van der Waals surface area contributed by atoms with Crippen molar-refractivity contribution in [1.29, 1.82) is 0 Å². The minimum absolute atomic E-state index is 0.557. The van der Waals surface area contributed by atoms with Gasteiger partial charge in [0, 0.05) is 47.6 Å². The van der Waals surface area contributed by atoms with E-state index in [4.69, 9.17) is 14.4 Å². The minimum atomic E-state index is -0.557. The first-order valence-corrected chi connectivity index (χ1v) is 18.3. The van der Waals surface area contributed by atoms with Crippen molar-refractivity contribution in [1.82, 2.24) is 5.32 Å². The summed E-state index contributed by atoms with van der Waals surface area (Å²) in [7, 11) is 0. The molecule has 1 aliphatic heterocycles. The lowest BCUT2D eigenvalue weighted by molar-refractivity contribution is 0.667. The van der Waals surface area contributed by atoms with Gasteiger partial charge >= 0.3 is 0 Å². The van der Waals surface area contributed by atoms with E-state index in [1.54, 1.807) is 0 Å². The lowest BCUT2D eigenvalue weighted by Gasteiger charge is -2.25. The van der Waals surface area contributed by atoms with E-state index in [1.165, 1.54) is 30.9 Å². The van der Waals surface area contributed by atoms with Gasteiger partial charge in [0.05, 0.1) is 0 Å². The van der Waals surface area contributed by atoms with Crippen molar-refractivity contribution in [2.45, 2.75) is 6.17 Å². The Hall–Kier alpha value is -6.56. The molecule has 0 atom stereocenters. The van der Waals surface area contributed by atoms with E-state index in [2.05, 4.69) is 157 Å². The van der Waals surface area contributed by atoms with Gasteiger partial charge in [0.25, 0.3) is 0 Å². The quantitative estimate of drug-likeness (QED) is 0.201. The van der Waals surface area contributed by atoms with Gasteiger partial charge in [0.15, 0.2) is 6.17 Å². The highest BCUT2D eigenvalue weighted by molar-refractivity contribution is 7.25. The standard InChI is InChI=1S/C47H29N3OS/c1-3-11-30-25-33(19-17-28(30)9-1)45-48-46(34-20-18-29-10-2-4-12-31(29)26-34)50-47(49-45)44-35(22-23-40-43(44)37-14-5-7-15-39(37)51-40)32-21-24-42-38(27-32)36-13-6-8-16-41(36)52-42/h1-27,47H,(H,48,49,50). The van der Waals surface area contributed by atoms with Gasteiger partial charge in [-0.05, 0) is 75.1 Å². The summed E-state index contributed by atoms with van der Waals surface area (Å²) < 4.78 is 9.06. The van der Waals surface area contributed by atoms with Gasteiger partial charge in [-0.3, -0.25) is 0 Å². The molecule has 0 unspecified atom stereocenters. The zero-order valence-corrected chi connectivity index (χ0v) is 28.7. The first-order valence-electron chi connectivity index (χ1n) is 17.5. The third-order valence-corrected chi connectivity index (χ3v) is 11.5. The number of hydrogen-bond acceptors (Lipinski definition) is 5.